The highest BCUT2D eigenvalue weighted by molar-refractivity contribution is 7.99. The predicted molar refractivity (Wildman–Crippen MR) is 133 cm³/mol. The van der Waals surface area contributed by atoms with Crippen molar-refractivity contribution in [3.05, 3.63) is 35.1 Å². The van der Waals surface area contributed by atoms with Crippen LogP contribution in [0.5, 0.6) is 0 Å². The van der Waals surface area contributed by atoms with Crippen molar-refractivity contribution < 1.29 is 39.5 Å². The summed E-state index contributed by atoms with van der Waals surface area (Å²) in [6.07, 6.45) is -7.26. The Morgan fingerprint density at radius 1 is 1.33 bits per heavy atom. The maximum absolute atomic E-state index is 14.8. The van der Waals surface area contributed by atoms with Gasteiger partial charge in [0, 0.05) is 30.9 Å². The minimum absolute atomic E-state index is 0.165. The molecule has 2 aliphatic carbocycles. The van der Waals surface area contributed by atoms with Crippen LogP contribution in [0, 0.1) is 12.7 Å². The van der Waals surface area contributed by atoms with Crippen molar-refractivity contribution in [1.29, 1.82) is 0 Å². The zero-order valence-electron chi connectivity index (χ0n) is 30.2. The fraction of sp³-hybridized carbons (Fsp3) is 0.583. The van der Waals surface area contributed by atoms with Crippen LogP contribution >= 0.6 is 11.8 Å². The van der Waals surface area contributed by atoms with Gasteiger partial charge in [-0.3, -0.25) is 0 Å². The highest BCUT2D eigenvalue weighted by Crippen LogP contribution is 2.44. The number of thioether (sulfide) groups is 1. The van der Waals surface area contributed by atoms with Gasteiger partial charge in [0.15, 0.2) is 22.1 Å². The Labute approximate surface area is 227 Å². The molecule has 0 spiro atoms. The summed E-state index contributed by atoms with van der Waals surface area (Å²) in [5.74, 6) is -3.51. The number of nitrogens with one attached hydrogen (secondary N) is 1. The number of anilines is 1. The average molecular weight is 530 g/mol. The molecule has 2 heterocycles. The molecule has 1 aromatic carbocycles. The maximum Gasteiger partial charge on any atom is 0.191 e. The van der Waals surface area contributed by atoms with Crippen molar-refractivity contribution in [1.82, 2.24) is 25.0 Å². The van der Waals surface area contributed by atoms with E-state index < -0.39 is 97.4 Å². The molecule has 10 nitrogen and oxygen atoms in total. The zero-order chi connectivity index (χ0) is 35.2. The van der Waals surface area contributed by atoms with Crippen LogP contribution in [-0.2, 0) is 4.74 Å². The van der Waals surface area contributed by atoms with E-state index in [1.807, 2.05) is 0 Å². The van der Waals surface area contributed by atoms with Crippen molar-refractivity contribution in [3.63, 3.8) is 0 Å². The van der Waals surface area contributed by atoms with Gasteiger partial charge in [-0.2, -0.15) is 0 Å². The third-order valence-corrected chi connectivity index (χ3v) is 6.60. The van der Waals surface area contributed by atoms with Gasteiger partial charge in [-0.1, -0.05) is 36.0 Å². The number of aliphatic hydroxyl groups excluding tert-OH is 2. The second-order valence-corrected chi connectivity index (χ2v) is 9.03. The molecule has 194 valence electrons. The molecular weight excluding hydrogens is 487 g/mol. The summed E-state index contributed by atoms with van der Waals surface area (Å²) in [7, 11) is 0. The molecule has 0 unspecified atom stereocenters. The lowest BCUT2D eigenvalue weighted by atomic mass is 10.1. The van der Waals surface area contributed by atoms with E-state index >= 15 is 0 Å². The van der Waals surface area contributed by atoms with Crippen LogP contribution in [0.25, 0.3) is 11.2 Å². The quantitative estimate of drug-likeness (QED) is 0.228. The number of ether oxygens (including phenoxy) is 1. The molecule has 36 heavy (non-hydrogen) atoms. The summed E-state index contributed by atoms with van der Waals surface area (Å²) < 4.78 is 111. The molecule has 5 rings (SSSR count). The third kappa shape index (κ3) is 4.92. The van der Waals surface area contributed by atoms with Gasteiger partial charge in [-0.15, -0.1) is 5.10 Å². The zero-order valence-corrected chi connectivity index (χ0v) is 20.0. The van der Waals surface area contributed by atoms with E-state index in [9.17, 15) is 19.7 Å². The van der Waals surface area contributed by atoms with Gasteiger partial charge in [-0.25, -0.2) is 19.0 Å². The van der Waals surface area contributed by atoms with Crippen molar-refractivity contribution in [2.45, 2.75) is 74.5 Å². The number of rotatable bonds is 10. The highest BCUT2D eigenvalue weighted by Gasteiger charge is 2.45. The van der Waals surface area contributed by atoms with Crippen LogP contribution in [0.4, 0.5) is 10.2 Å². The molecule has 2 saturated carbocycles. The van der Waals surface area contributed by atoms with Crippen molar-refractivity contribution in [2.24, 2.45) is 0 Å². The minimum atomic E-state index is -2.72. The molecule has 2 fully saturated rings. The molecule has 0 aliphatic heterocycles. The van der Waals surface area contributed by atoms with Crippen LogP contribution in [0.2, 0.25) is 0 Å². The largest absolute Gasteiger partial charge is 0.394 e. The number of halogens is 1. The van der Waals surface area contributed by atoms with E-state index in [1.54, 1.807) is 0 Å². The normalized spacial score (nSPS) is 37.3. The van der Waals surface area contributed by atoms with Gasteiger partial charge in [0.25, 0.3) is 0 Å². The van der Waals surface area contributed by atoms with E-state index in [0.29, 0.717) is 0 Å². The summed E-state index contributed by atoms with van der Waals surface area (Å²) >= 11 is 0.281. The van der Waals surface area contributed by atoms with Crippen LogP contribution in [0.1, 0.15) is 64.3 Å². The van der Waals surface area contributed by atoms with Gasteiger partial charge >= 0.3 is 0 Å². The molecule has 4 N–H and O–H groups in total. The number of benzene rings is 1. The van der Waals surface area contributed by atoms with E-state index in [-0.39, 0.29) is 45.9 Å². The second-order valence-electron chi connectivity index (χ2n) is 8.25. The van der Waals surface area contributed by atoms with Crippen molar-refractivity contribution >= 4 is 28.7 Å². The lowest BCUT2D eigenvalue weighted by molar-refractivity contribution is -0.0629. The summed E-state index contributed by atoms with van der Waals surface area (Å²) in [4.78, 5) is 8.51. The Bertz CT molecular complexity index is 1700. The standard InChI is InChI=1S/C24H31FN6O4S/c1-3-8-36-24-27-22(26-16-10-14(16)13-5-4-12(2)15(25)9-13)19-23(28-24)31(30-29-19)17-11-18(35-7-6-32)21(34)20(17)33/h4-5,9,14,16-18,20-21,32-34H,3,6-8,10-11H2,1-2H3,(H,26,27,28)/t14-,16+,17+,18-,20-,21+/m0/s1/i3D2,4D,5D,6D2,8D2,9D,14D,16D. The van der Waals surface area contributed by atoms with Crippen LogP contribution in [-0.4, -0.2) is 83.5 Å². The van der Waals surface area contributed by atoms with E-state index in [4.69, 9.17) is 19.8 Å². The number of hydrogen-bond donors (Lipinski definition) is 4. The Balaban J connectivity index is 1.57. The number of hydrogen-bond acceptors (Lipinski definition) is 10. The molecule has 12 heteroatoms. The first-order chi connectivity index (χ1) is 21.4. The summed E-state index contributed by atoms with van der Waals surface area (Å²) in [5, 5.41) is 41.2. The first-order valence-electron chi connectivity index (χ1n) is 16.5. The van der Waals surface area contributed by atoms with Gasteiger partial charge in [0.2, 0.25) is 0 Å². The van der Waals surface area contributed by atoms with Gasteiger partial charge in [-0.05, 0) is 36.9 Å². The lowest BCUT2D eigenvalue weighted by Crippen LogP contribution is -2.33. The molecule has 2 aliphatic rings. The molecule has 2 aromatic heterocycles. The fourth-order valence-corrected chi connectivity index (χ4v) is 4.48. The molecule has 6 atom stereocenters. The van der Waals surface area contributed by atoms with Crippen LogP contribution in [0.3, 0.4) is 0 Å². The van der Waals surface area contributed by atoms with Crippen LogP contribution in [0.15, 0.2) is 23.3 Å². The van der Waals surface area contributed by atoms with Gasteiger partial charge < -0.3 is 25.4 Å². The predicted octanol–water partition coefficient (Wildman–Crippen LogP) is 2.18. The molecule has 3 aromatic rings. The Kier molecular flexibility index (Phi) is 4.43. The number of fused-ring (bicyclic) bond motifs is 1. The molecule has 0 amide bonds. The third-order valence-electron chi connectivity index (χ3n) is 5.93. The highest BCUT2D eigenvalue weighted by atomic mass is 32.2. The fourth-order valence-electron chi connectivity index (χ4n) is 4.01. The van der Waals surface area contributed by atoms with E-state index in [2.05, 4.69) is 25.6 Å². The Hall–Kier alpha value is -2.38. The van der Waals surface area contributed by atoms with Crippen molar-refractivity contribution in [3.8, 4) is 0 Å². The topological polar surface area (TPSA) is 138 Å². The molecule has 0 radical (unpaired) electrons. The Morgan fingerprint density at radius 3 is 2.94 bits per heavy atom. The van der Waals surface area contributed by atoms with Gasteiger partial charge in [0.1, 0.15) is 18.0 Å². The number of aromatic nitrogens is 5. The molecule has 0 saturated heterocycles. The first-order valence-corrected chi connectivity index (χ1v) is 11.8. The SMILES string of the molecule is [2H]c1c([2H])c([C@]2([2H])C[C@@]2([2H])Nc2nc(SC([2H])([2H])C([2H])([2H])C)nc3c2nnn3[C@@H]2C[C@H](OCC([2H])([2H])O)[C@@H](O)[C@H]2O)c([2H])c(F)c1C. The number of nitrogens with zero attached hydrogens (tertiary/aromatic N) is 5. The monoisotopic (exact) mass is 529 g/mol. The first kappa shape index (κ1) is 15.1. The number of aliphatic hydroxyl groups is 3. The van der Waals surface area contributed by atoms with Crippen molar-refractivity contribution in [2.75, 3.05) is 24.2 Å². The van der Waals surface area contributed by atoms with Gasteiger partial charge in [0.05, 0.1) is 33.5 Å². The molecule has 0 bridgehead atoms. The van der Waals surface area contributed by atoms with E-state index in [0.717, 1.165) is 11.6 Å². The average Bonchev–Trinajstić information content (AvgIpc) is 3.19. The Morgan fingerprint density at radius 2 is 2.17 bits per heavy atom. The van der Waals surface area contributed by atoms with Crippen LogP contribution < -0.4 is 5.32 Å². The summed E-state index contributed by atoms with van der Waals surface area (Å²) in [6.45, 7) is -1.30. The lowest BCUT2D eigenvalue weighted by Gasteiger charge is -2.17. The summed E-state index contributed by atoms with van der Waals surface area (Å²) in [6, 6.07) is -5.12. The smallest absolute Gasteiger partial charge is 0.191 e. The summed E-state index contributed by atoms with van der Waals surface area (Å²) in [5.41, 5.74) is -3.69. The second kappa shape index (κ2) is 10.5. The minimum Gasteiger partial charge on any atom is -0.394 e. The maximum atomic E-state index is 14.8. The molecular formula is C24H31FN6O4S. The van der Waals surface area contributed by atoms with E-state index in [1.165, 1.54) is 6.92 Å².